The monoisotopic (exact) mass is 413 g/mol. The molecular formula is C16H24IN5. The topological polar surface area (TPSA) is 68.2 Å². The van der Waals surface area contributed by atoms with Crippen LogP contribution in [0.4, 0.5) is 5.69 Å². The fourth-order valence-electron chi connectivity index (χ4n) is 2.27. The standard InChI is InChI=1S/C16H23N5.HI/c1-12-7-13(2)9-15(8-12)20-16(17)18-10-14(3)11-21-6-4-5-19-21;/h4-9,14H,10-11H2,1-3H3,(H3,17,18,20);1H. The van der Waals surface area contributed by atoms with Gasteiger partial charge in [-0.3, -0.25) is 9.67 Å². The first kappa shape index (κ1) is 18.5. The number of aromatic nitrogens is 2. The van der Waals surface area contributed by atoms with Gasteiger partial charge in [0.2, 0.25) is 0 Å². The Hall–Kier alpha value is -1.57. The first-order valence-electron chi connectivity index (χ1n) is 7.15. The number of halogens is 1. The summed E-state index contributed by atoms with van der Waals surface area (Å²) in [6.07, 6.45) is 3.74. The van der Waals surface area contributed by atoms with Gasteiger partial charge in [0, 0.05) is 31.2 Å². The Bertz CT molecular complexity index is 587. The molecule has 1 aromatic heterocycles. The maximum atomic E-state index is 5.94. The van der Waals surface area contributed by atoms with E-state index < -0.39 is 0 Å². The Balaban J connectivity index is 0.00000242. The number of benzene rings is 1. The predicted octanol–water partition coefficient (Wildman–Crippen LogP) is 3.18. The lowest BCUT2D eigenvalue weighted by atomic mass is 10.1. The van der Waals surface area contributed by atoms with Crippen LogP contribution in [0.2, 0.25) is 0 Å². The molecule has 0 aliphatic rings. The molecular weight excluding hydrogens is 389 g/mol. The first-order valence-corrected chi connectivity index (χ1v) is 7.15. The van der Waals surface area contributed by atoms with Gasteiger partial charge < -0.3 is 11.1 Å². The van der Waals surface area contributed by atoms with Crippen LogP contribution in [0.25, 0.3) is 0 Å². The molecule has 2 aromatic rings. The minimum Gasteiger partial charge on any atom is -0.370 e. The molecule has 1 unspecified atom stereocenters. The van der Waals surface area contributed by atoms with Crippen molar-refractivity contribution in [1.29, 1.82) is 0 Å². The van der Waals surface area contributed by atoms with E-state index in [4.69, 9.17) is 5.73 Å². The highest BCUT2D eigenvalue weighted by Gasteiger charge is 2.03. The quantitative estimate of drug-likeness (QED) is 0.450. The molecule has 0 bridgehead atoms. The molecule has 0 saturated heterocycles. The second kappa shape index (κ2) is 8.77. The highest BCUT2D eigenvalue weighted by molar-refractivity contribution is 14.0. The number of nitrogens with zero attached hydrogens (tertiary/aromatic N) is 3. The third-order valence-corrected chi connectivity index (χ3v) is 3.13. The van der Waals surface area contributed by atoms with Gasteiger partial charge in [-0.05, 0) is 49.1 Å². The highest BCUT2D eigenvalue weighted by atomic mass is 127. The van der Waals surface area contributed by atoms with Gasteiger partial charge in [-0.1, -0.05) is 13.0 Å². The van der Waals surface area contributed by atoms with Crippen molar-refractivity contribution >= 4 is 35.6 Å². The molecule has 3 N–H and O–H groups in total. The Labute approximate surface area is 149 Å². The van der Waals surface area contributed by atoms with E-state index in [-0.39, 0.29) is 24.0 Å². The third-order valence-electron chi connectivity index (χ3n) is 3.13. The van der Waals surface area contributed by atoms with Gasteiger partial charge in [0.05, 0.1) is 0 Å². The van der Waals surface area contributed by atoms with Crippen LogP contribution in [-0.2, 0) is 6.54 Å². The summed E-state index contributed by atoms with van der Waals surface area (Å²) in [6.45, 7) is 7.78. The fraction of sp³-hybridized carbons (Fsp3) is 0.375. The van der Waals surface area contributed by atoms with Crippen molar-refractivity contribution in [3.05, 3.63) is 47.8 Å². The fourth-order valence-corrected chi connectivity index (χ4v) is 2.27. The van der Waals surface area contributed by atoms with Gasteiger partial charge in [-0.25, -0.2) is 0 Å². The maximum Gasteiger partial charge on any atom is 0.193 e. The number of hydrogen-bond donors (Lipinski definition) is 2. The van der Waals surface area contributed by atoms with Crippen LogP contribution < -0.4 is 11.1 Å². The van der Waals surface area contributed by atoms with Crippen molar-refractivity contribution in [2.45, 2.75) is 27.3 Å². The summed E-state index contributed by atoms with van der Waals surface area (Å²) in [5, 5.41) is 7.33. The van der Waals surface area contributed by atoms with E-state index in [1.807, 2.05) is 16.9 Å². The summed E-state index contributed by atoms with van der Waals surface area (Å²) in [7, 11) is 0. The molecule has 0 aliphatic carbocycles. The molecule has 5 nitrogen and oxygen atoms in total. The first-order chi connectivity index (χ1) is 10.0. The Morgan fingerprint density at radius 2 is 2.00 bits per heavy atom. The van der Waals surface area contributed by atoms with Gasteiger partial charge in [-0.2, -0.15) is 5.10 Å². The van der Waals surface area contributed by atoms with Crippen molar-refractivity contribution in [2.75, 3.05) is 11.9 Å². The average Bonchev–Trinajstić information content (AvgIpc) is 2.88. The summed E-state index contributed by atoms with van der Waals surface area (Å²) >= 11 is 0. The number of nitrogens with one attached hydrogen (secondary N) is 1. The molecule has 2 rings (SSSR count). The normalized spacial score (nSPS) is 12.6. The second-order valence-electron chi connectivity index (χ2n) is 5.56. The Kier molecular flexibility index (Phi) is 7.37. The van der Waals surface area contributed by atoms with E-state index in [1.54, 1.807) is 6.20 Å². The third kappa shape index (κ3) is 6.05. The van der Waals surface area contributed by atoms with Crippen molar-refractivity contribution in [1.82, 2.24) is 9.78 Å². The predicted molar refractivity (Wildman–Crippen MR) is 103 cm³/mol. The number of rotatable bonds is 5. The summed E-state index contributed by atoms with van der Waals surface area (Å²) in [5.74, 6) is 0.830. The molecule has 1 heterocycles. The Morgan fingerprint density at radius 1 is 1.32 bits per heavy atom. The summed E-state index contributed by atoms with van der Waals surface area (Å²) in [5.41, 5.74) is 9.34. The lowest BCUT2D eigenvalue weighted by molar-refractivity contribution is 0.459. The molecule has 0 aliphatic heterocycles. The minimum atomic E-state index is 0. The zero-order valence-electron chi connectivity index (χ0n) is 13.3. The smallest absolute Gasteiger partial charge is 0.193 e. The van der Waals surface area contributed by atoms with Gasteiger partial charge in [0.15, 0.2) is 5.96 Å². The zero-order valence-corrected chi connectivity index (χ0v) is 15.6. The van der Waals surface area contributed by atoms with Crippen molar-refractivity contribution < 1.29 is 0 Å². The number of anilines is 1. The number of nitrogens with two attached hydrogens (primary N) is 1. The molecule has 0 spiro atoms. The lowest BCUT2D eigenvalue weighted by Gasteiger charge is -2.11. The highest BCUT2D eigenvalue weighted by Crippen LogP contribution is 2.13. The van der Waals surface area contributed by atoms with E-state index in [0.717, 1.165) is 12.2 Å². The van der Waals surface area contributed by atoms with Gasteiger partial charge in [-0.15, -0.1) is 24.0 Å². The van der Waals surface area contributed by atoms with Crippen LogP contribution in [0.3, 0.4) is 0 Å². The number of hydrogen-bond acceptors (Lipinski definition) is 2. The van der Waals surface area contributed by atoms with E-state index in [9.17, 15) is 0 Å². The summed E-state index contributed by atoms with van der Waals surface area (Å²) in [4.78, 5) is 4.40. The largest absolute Gasteiger partial charge is 0.370 e. The van der Waals surface area contributed by atoms with Crippen LogP contribution in [0.15, 0.2) is 41.7 Å². The van der Waals surface area contributed by atoms with Crippen molar-refractivity contribution in [3.63, 3.8) is 0 Å². The van der Waals surface area contributed by atoms with Gasteiger partial charge in [0.25, 0.3) is 0 Å². The van der Waals surface area contributed by atoms with E-state index in [2.05, 4.69) is 54.4 Å². The minimum absolute atomic E-state index is 0. The van der Waals surface area contributed by atoms with Crippen LogP contribution in [0, 0.1) is 19.8 Å². The SMILES string of the molecule is Cc1cc(C)cc(NC(N)=NCC(C)Cn2cccn2)c1.I. The molecule has 0 fully saturated rings. The number of aryl methyl sites for hydroxylation is 2. The maximum absolute atomic E-state index is 5.94. The number of guanidine groups is 1. The summed E-state index contributed by atoms with van der Waals surface area (Å²) < 4.78 is 1.91. The zero-order chi connectivity index (χ0) is 15.2. The molecule has 0 radical (unpaired) electrons. The van der Waals surface area contributed by atoms with Crippen LogP contribution >= 0.6 is 24.0 Å². The lowest BCUT2D eigenvalue weighted by Crippen LogP contribution is -2.24. The van der Waals surface area contributed by atoms with E-state index >= 15 is 0 Å². The van der Waals surface area contributed by atoms with Gasteiger partial charge >= 0.3 is 0 Å². The average molecular weight is 413 g/mol. The molecule has 6 heteroatoms. The number of aliphatic imine (C=N–C) groups is 1. The van der Waals surface area contributed by atoms with Gasteiger partial charge in [0.1, 0.15) is 0 Å². The molecule has 0 saturated carbocycles. The molecule has 1 atom stereocenters. The molecule has 22 heavy (non-hydrogen) atoms. The van der Waals surface area contributed by atoms with E-state index in [1.165, 1.54) is 11.1 Å². The van der Waals surface area contributed by atoms with Crippen LogP contribution in [0.5, 0.6) is 0 Å². The van der Waals surface area contributed by atoms with Crippen molar-refractivity contribution in [2.24, 2.45) is 16.6 Å². The van der Waals surface area contributed by atoms with Crippen LogP contribution in [-0.4, -0.2) is 22.3 Å². The van der Waals surface area contributed by atoms with E-state index in [0.29, 0.717) is 18.4 Å². The second-order valence-corrected chi connectivity index (χ2v) is 5.56. The van der Waals surface area contributed by atoms with Crippen LogP contribution in [0.1, 0.15) is 18.1 Å². The molecule has 1 aromatic carbocycles. The summed E-state index contributed by atoms with van der Waals surface area (Å²) in [6, 6.07) is 8.17. The van der Waals surface area contributed by atoms with Crippen molar-refractivity contribution in [3.8, 4) is 0 Å². The molecule has 120 valence electrons. The Morgan fingerprint density at radius 3 is 2.59 bits per heavy atom. The molecule has 0 amide bonds.